The molecule has 2 atom stereocenters. The number of aromatic hydroxyl groups is 1. The van der Waals surface area contributed by atoms with Crippen molar-refractivity contribution in [2.24, 2.45) is 0 Å². The van der Waals surface area contributed by atoms with Crippen LogP contribution in [-0.2, 0) is 11.7 Å². The lowest BCUT2D eigenvalue weighted by molar-refractivity contribution is 0.456. The summed E-state index contributed by atoms with van der Waals surface area (Å²) in [7, 11) is 2.60. The Morgan fingerprint density at radius 1 is 1.18 bits per heavy atom. The fourth-order valence-corrected chi connectivity index (χ4v) is 4.34. The van der Waals surface area contributed by atoms with Gasteiger partial charge in [-0.3, -0.25) is 0 Å². The van der Waals surface area contributed by atoms with Gasteiger partial charge in [-0.15, -0.1) is 0 Å². The minimum Gasteiger partial charge on any atom is -0.508 e. The highest BCUT2D eigenvalue weighted by atomic mass is 31.1. The van der Waals surface area contributed by atoms with Crippen LogP contribution in [-0.4, -0.2) is 12.2 Å². The topological polar surface area (TPSA) is 32.3 Å². The first kappa shape index (κ1) is 17.0. The molecule has 0 bridgehead atoms. The molecule has 2 N–H and O–H groups in total. The second-order valence-corrected chi connectivity index (χ2v) is 7.91. The van der Waals surface area contributed by atoms with Crippen molar-refractivity contribution in [3.8, 4) is 5.75 Å². The van der Waals surface area contributed by atoms with Gasteiger partial charge in [0.2, 0.25) is 0 Å². The number of phenols is 1. The molecule has 2 nitrogen and oxygen atoms in total. The maximum Gasteiger partial charge on any atom is 0.119 e. The van der Waals surface area contributed by atoms with Gasteiger partial charge < -0.3 is 10.4 Å². The molecule has 0 fully saturated rings. The number of hydrogen-bond acceptors (Lipinski definition) is 2. The molecule has 0 aliphatic carbocycles. The monoisotopic (exact) mass is 315 g/mol. The Morgan fingerprint density at radius 3 is 2.59 bits per heavy atom. The highest BCUT2D eigenvalue weighted by Gasteiger charge is 2.28. The van der Waals surface area contributed by atoms with Crippen LogP contribution in [0, 0.1) is 6.92 Å². The Bertz CT molecular complexity index is 641. The van der Waals surface area contributed by atoms with E-state index in [1.54, 1.807) is 0 Å². The Balaban J connectivity index is 2.41. The minimum absolute atomic E-state index is 0.0417. The lowest BCUT2D eigenvalue weighted by atomic mass is 9.95. The van der Waals surface area contributed by atoms with Crippen molar-refractivity contribution in [2.75, 3.05) is 7.05 Å². The standard InChI is InChI=1S/C19H26NOP/c1-5-19(3,16-12-14(2)10-11-17(16)21)22-18-9-7-6-8-15(18)13-20-4/h6-12,20-22H,5,13H2,1-4H3. The van der Waals surface area contributed by atoms with Crippen LogP contribution in [0.4, 0.5) is 0 Å². The van der Waals surface area contributed by atoms with Gasteiger partial charge in [-0.25, -0.2) is 0 Å². The van der Waals surface area contributed by atoms with Crippen LogP contribution in [0.2, 0.25) is 0 Å². The third kappa shape index (κ3) is 3.69. The van der Waals surface area contributed by atoms with E-state index in [4.69, 9.17) is 0 Å². The summed E-state index contributed by atoms with van der Waals surface area (Å²) in [6, 6.07) is 14.5. The van der Waals surface area contributed by atoms with Crippen molar-refractivity contribution in [1.82, 2.24) is 5.32 Å². The zero-order chi connectivity index (χ0) is 16.2. The van der Waals surface area contributed by atoms with E-state index >= 15 is 0 Å². The molecule has 0 heterocycles. The predicted octanol–water partition coefficient (Wildman–Crippen LogP) is 4.05. The molecule has 3 heteroatoms. The summed E-state index contributed by atoms with van der Waals surface area (Å²) in [4.78, 5) is 0. The largest absolute Gasteiger partial charge is 0.508 e. The molecule has 0 radical (unpaired) electrons. The van der Waals surface area contributed by atoms with E-state index in [1.165, 1.54) is 16.4 Å². The Morgan fingerprint density at radius 2 is 1.91 bits per heavy atom. The summed E-state index contributed by atoms with van der Waals surface area (Å²) < 4.78 is 0. The number of rotatable bonds is 6. The number of aryl methyl sites for hydroxylation is 1. The maximum absolute atomic E-state index is 10.3. The average Bonchev–Trinajstić information content (AvgIpc) is 2.52. The molecule has 2 aromatic rings. The molecule has 0 aliphatic rings. The Labute approximate surface area is 135 Å². The second-order valence-electron chi connectivity index (χ2n) is 6.02. The summed E-state index contributed by atoms with van der Waals surface area (Å²) in [6.07, 6.45) is 0.996. The predicted molar refractivity (Wildman–Crippen MR) is 97.6 cm³/mol. The van der Waals surface area contributed by atoms with Crippen LogP contribution in [0.1, 0.15) is 37.0 Å². The van der Waals surface area contributed by atoms with E-state index in [0.717, 1.165) is 18.5 Å². The highest BCUT2D eigenvalue weighted by molar-refractivity contribution is 7.48. The lowest BCUT2D eigenvalue weighted by Crippen LogP contribution is -2.21. The summed E-state index contributed by atoms with van der Waals surface area (Å²) >= 11 is 0. The summed E-state index contributed by atoms with van der Waals surface area (Å²) in [5, 5.41) is 14.9. The molecule has 118 valence electrons. The molecule has 0 amide bonds. The van der Waals surface area contributed by atoms with E-state index in [1.807, 2.05) is 19.2 Å². The molecule has 22 heavy (non-hydrogen) atoms. The number of nitrogens with one attached hydrogen (secondary N) is 1. The van der Waals surface area contributed by atoms with Gasteiger partial charge in [0.15, 0.2) is 0 Å². The number of benzene rings is 2. The van der Waals surface area contributed by atoms with Gasteiger partial charge in [-0.05, 0) is 37.3 Å². The lowest BCUT2D eigenvalue weighted by Gasteiger charge is -2.31. The van der Waals surface area contributed by atoms with Crippen molar-refractivity contribution >= 4 is 13.9 Å². The van der Waals surface area contributed by atoms with E-state index in [9.17, 15) is 5.11 Å². The van der Waals surface area contributed by atoms with Crippen LogP contribution in [0.25, 0.3) is 0 Å². The molecule has 0 aromatic heterocycles. The molecule has 2 rings (SSSR count). The van der Waals surface area contributed by atoms with Crippen molar-refractivity contribution in [3.05, 3.63) is 59.2 Å². The van der Waals surface area contributed by atoms with Crippen LogP contribution < -0.4 is 10.6 Å². The van der Waals surface area contributed by atoms with Crippen LogP contribution in [0.5, 0.6) is 5.75 Å². The maximum atomic E-state index is 10.3. The highest BCUT2D eigenvalue weighted by Crippen LogP contribution is 2.47. The zero-order valence-electron chi connectivity index (χ0n) is 13.9. The SMILES string of the molecule is CCC(C)(Pc1ccccc1CNC)c1cc(C)ccc1O. The minimum atomic E-state index is -0.0417. The quantitative estimate of drug-likeness (QED) is 0.788. The fourth-order valence-electron chi connectivity index (χ4n) is 2.72. The van der Waals surface area contributed by atoms with Gasteiger partial charge in [0.1, 0.15) is 5.75 Å². The molecular weight excluding hydrogens is 289 g/mol. The normalized spacial score (nSPS) is 14.4. The summed E-state index contributed by atoms with van der Waals surface area (Å²) in [6.45, 7) is 7.42. The number of phenolic OH excluding ortho intramolecular Hbond substituents is 1. The first-order valence-electron chi connectivity index (χ1n) is 7.81. The third-order valence-electron chi connectivity index (χ3n) is 4.25. The molecular formula is C19H26NOP. The molecule has 2 aromatic carbocycles. The van der Waals surface area contributed by atoms with Crippen molar-refractivity contribution in [2.45, 2.75) is 38.9 Å². The van der Waals surface area contributed by atoms with Gasteiger partial charge in [0.05, 0.1) is 0 Å². The molecule has 0 saturated carbocycles. The average molecular weight is 315 g/mol. The first-order chi connectivity index (χ1) is 10.5. The van der Waals surface area contributed by atoms with Crippen molar-refractivity contribution in [1.29, 1.82) is 0 Å². The van der Waals surface area contributed by atoms with E-state index in [2.05, 4.69) is 56.4 Å². The van der Waals surface area contributed by atoms with E-state index in [-0.39, 0.29) is 5.16 Å². The molecule has 0 saturated heterocycles. The van der Waals surface area contributed by atoms with E-state index < -0.39 is 0 Å². The van der Waals surface area contributed by atoms with Gasteiger partial charge in [-0.1, -0.05) is 64.4 Å². The fraction of sp³-hybridized carbons (Fsp3) is 0.368. The van der Waals surface area contributed by atoms with Gasteiger partial charge in [-0.2, -0.15) is 0 Å². The van der Waals surface area contributed by atoms with Gasteiger partial charge >= 0.3 is 0 Å². The summed E-state index contributed by atoms with van der Waals surface area (Å²) in [5.41, 5.74) is 3.60. The van der Waals surface area contributed by atoms with Crippen LogP contribution >= 0.6 is 8.58 Å². The first-order valence-corrected chi connectivity index (χ1v) is 8.81. The van der Waals surface area contributed by atoms with E-state index in [0.29, 0.717) is 14.3 Å². The van der Waals surface area contributed by atoms with Crippen LogP contribution in [0.3, 0.4) is 0 Å². The second kappa shape index (κ2) is 7.26. The molecule has 0 spiro atoms. The molecule has 2 unspecified atom stereocenters. The van der Waals surface area contributed by atoms with Gasteiger partial charge in [0, 0.05) is 17.3 Å². The van der Waals surface area contributed by atoms with Gasteiger partial charge in [0.25, 0.3) is 0 Å². The third-order valence-corrected chi connectivity index (χ3v) is 6.18. The zero-order valence-corrected chi connectivity index (χ0v) is 14.9. The van der Waals surface area contributed by atoms with Crippen LogP contribution in [0.15, 0.2) is 42.5 Å². The Hall–Kier alpha value is -1.37. The molecule has 0 aliphatic heterocycles. The van der Waals surface area contributed by atoms with Crippen molar-refractivity contribution in [3.63, 3.8) is 0 Å². The number of hydrogen-bond donors (Lipinski definition) is 2. The van der Waals surface area contributed by atoms with Crippen molar-refractivity contribution < 1.29 is 5.11 Å². The smallest absolute Gasteiger partial charge is 0.119 e. The Kier molecular flexibility index (Phi) is 5.61. The summed E-state index contributed by atoms with van der Waals surface area (Å²) in [5.74, 6) is 0.411.